The fraction of sp³-hybridized carbons (Fsp3) is 0.103. The van der Waals surface area contributed by atoms with Crippen molar-refractivity contribution in [3.63, 3.8) is 0 Å². The maximum Gasteiger partial charge on any atom is 0.144 e. The van der Waals surface area contributed by atoms with Gasteiger partial charge in [-0.25, -0.2) is 0 Å². The minimum absolute atomic E-state index is 0.148. The molecule has 0 fully saturated rings. The van der Waals surface area contributed by atoms with Gasteiger partial charge in [-0.05, 0) is 104 Å². The van der Waals surface area contributed by atoms with Crippen LogP contribution in [0.3, 0.4) is 0 Å². The van der Waals surface area contributed by atoms with Crippen LogP contribution in [0, 0.1) is 0 Å². The molecule has 0 aliphatic heterocycles. The standard InChI is InChI=1S/C58H41NOS/c1-57(2)46-22-10-7-17-38(46)40-29-27-35(32-48(40)57)59(36-28-30-41-39-18-8-11-23-47(39)58(3,4)49(41)33-36)50-24-14-25-51-54(50)45-31-34-15-5-6-16-37(34)53(55(45)60-51)44-21-13-20-43-42-19-9-12-26-52(42)61-56(43)44/h5-33H,1-4H3. The third-order valence-corrected chi connectivity index (χ3v) is 15.3. The second kappa shape index (κ2) is 12.3. The fourth-order valence-electron chi connectivity index (χ4n) is 11.1. The highest BCUT2D eigenvalue weighted by atomic mass is 32.1. The Kier molecular flexibility index (Phi) is 7.04. The number of anilines is 3. The van der Waals surface area contributed by atoms with Crippen molar-refractivity contribution in [2.75, 3.05) is 4.90 Å². The first-order valence-electron chi connectivity index (χ1n) is 21.3. The van der Waals surface area contributed by atoms with Crippen LogP contribution in [-0.2, 0) is 10.8 Å². The molecule has 2 aromatic heterocycles. The van der Waals surface area contributed by atoms with Gasteiger partial charge in [-0.2, -0.15) is 0 Å². The molecule has 290 valence electrons. The summed E-state index contributed by atoms with van der Waals surface area (Å²) in [6.45, 7) is 9.48. The van der Waals surface area contributed by atoms with Crippen LogP contribution in [0.25, 0.3) is 86.3 Å². The van der Waals surface area contributed by atoms with Crippen molar-refractivity contribution in [1.82, 2.24) is 0 Å². The molecule has 9 aromatic carbocycles. The van der Waals surface area contributed by atoms with Crippen LogP contribution in [0.5, 0.6) is 0 Å². The van der Waals surface area contributed by atoms with Crippen LogP contribution in [0.1, 0.15) is 49.9 Å². The van der Waals surface area contributed by atoms with E-state index in [4.69, 9.17) is 4.42 Å². The van der Waals surface area contributed by atoms with E-state index >= 15 is 0 Å². The van der Waals surface area contributed by atoms with E-state index in [0.717, 1.165) is 44.6 Å². The number of benzene rings is 9. The van der Waals surface area contributed by atoms with Crippen molar-refractivity contribution in [2.45, 2.75) is 38.5 Å². The summed E-state index contributed by atoms with van der Waals surface area (Å²) >= 11 is 1.87. The van der Waals surface area contributed by atoms with Crippen LogP contribution < -0.4 is 4.90 Å². The SMILES string of the molecule is CC1(C)c2ccccc2-c2ccc(N(c3ccc4c(c3)C(C)(C)c3ccccc3-4)c3cccc4oc5c(-c6cccc7c6sc6ccccc67)c6ccccc6cc5c34)cc21. The van der Waals surface area contributed by atoms with E-state index in [0.29, 0.717) is 0 Å². The summed E-state index contributed by atoms with van der Waals surface area (Å²) < 4.78 is 9.79. The minimum Gasteiger partial charge on any atom is -0.455 e. The van der Waals surface area contributed by atoms with Crippen molar-refractivity contribution in [3.8, 4) is 33.4 Å². The Balaban J connectivity index is 1.10. The highest BCUT2D eigenvalue weighted by Gasteiger charge is 2.38. The molecule has 0 saturated carbocycles. The number of nitrogens with zero attached hydrogens (tertiary/aromatic N) is 1. The summed E-state index contributed by atoms with van der Waals surface area (Å²) in [5.74, 6) is 0. The molecule has 61 heavy (non-hydrogen) atoms. The van der Waals surface area contributed by atoms with Gasteiger partial charge in [0.05, 0.1) is 11.1 Å². The molecule has 13 rings (SSSR count). The predicted octanol–water partition coefficient (Wildman–Crippen LogP) is 16.9. The molecular formula is C58H41NOS. The lowest BCUT2D eigenvalue weighted by Gasteiger charge is -2.30. The zero-order valence-electron chi connectivity index (χ0n) is 34.5. The number of rotatable bonds is 4. The topological polar surface area (TPSA) is 16.4 Å². The predicted molar refractivity (Wildman–Crippen MR) is 259 cm³/mol. The Bertz CT molecular complexity index is 3570. The van der Waals surface area contributed by atoms with E-state index < -0.39 is 0 Å². The first kappa shape index (κ1) is 34.9. The van der Waals surface area contributed by atoms with Crippen molar-refractivity contribution < 1.29 is 4.42 Å². The Morgan fingerprint density at radius 1 is 0.443 bits per heavy atom. The molecule has 2 heterocycles. The van der Waals surface area contributed by atoms with Crippen LogP contribution in [-0.4, -0.2) is 0 Å². The number of fused-ring (bicyclic) bond motifs is 13. The average Bonchev–Trinajstić information content (AvgIpc) is 3.99. The number of hydrogen-bond donors (Lipinski definition) is 0. The second-order valence-corrected chi connectivity index (χ2v) is 19.1. The molecule has 0 bridgehead atoms. The largest absolute Gasteiger partial charge is 0.455 e. The monoisotopic (exact) mass is 799 g/mol. The Morgan fingerprint density at radius 2 is 1.00 bits per heavy atom. The lowest BCUT2D eigenvalue weighted by molar-refractivity contribution is 0.660. The Morgan fingerprint density at radius 3 is 1.70 bits per heavy atom. The van der Waals surface area contributed by atoms with E-state index in [-0.39, 0.29) is 10.8 Å². The second-order valence-electron chi connectivity index (χ2n) is 18.0. The molecule has 0 atom stereocenters. The van der Waals surface area contributed by atoms with Crippen molar-refractivity contribution >= 4 is 81.3 Å². The normalized spacial score (nSPS) is 14.5. The summed E-state index contributed by atoms with van der Waals surface area (Å²) in [5, 5.41) is 7.19. The number of hydrogen-bond acceptors (Lipinski definition) is 3. The van der Waals surface area contributed by atoms with Gasteiger partial charge in [0.1, 0.15) is 11.2 Å². The van der Waals surface area contributed by atoms with Crippen molar-refractivity contribution in [1.29, 1.82) is 0 Å². The number of furan rings is 1. The summed E-state index contributed by atoms with van der Waals surface area (Å²) in [4.78, 5) is 2.50. The van der Waals surface area contributed by atoms with Crippen LogP contribution >= 0.6 is 11.3 Å². The van der Waals surface area contributed by atoms with Gasteiger partial charge in [0.25, 0.3) is 0 Å². The van der Waals surface area contributed by atoms with E-state index in [1.54, 1.807) is 0 Å². The van der Waals surface area contributed by atoms with Gasteiger partial charge in [-0.3, -0.25) is 0 Å². The third kappa shape index (κ3) is 4.73. The fourth-order valence-corrected chi connectivity index (χ4v) is 12.3. The zero-order chi connectivity index (χ0) is 40.8. The van der Waals surface area contributed by atoms with Gasteiger partial charge in [-0.1, -0.05) is 155 Å². The van der Waals surface area contributed by atoms with Gasteiger partial charge in [0, 0.05) is 58.9 Å². The third-order valence-electron chi connectivity index (χ3n) is 14.1. The lowest BCUT2D eigenvalue weighted by Crippen LogP contribution is -2.18. The molecule has 2 aliphatic carbocycles. The molecule has 11 aromatic rings. The van der Waals surface area contributed by atoms with Gasteiger partial charge >= 0.3 is 0 Å². The van der Waals surface area contributed by atoms with E-state index in [9.17, 15) is 0 Å². The van der Waals surface area contributed by atoms with Gasteiger partial charge in [0.15, 0.2) is 0 Å². The zero-order valence-corrected chi connectivity index (χ0v) is 35.3. The first-order chi connectivity index (χ1) is 29.8. The minimum atomic E-state index is -0.148. The molecular weight excluding hydrogens is 759 g/mol. The molecule has 0 amide bonds. The van der Waals surface area contributed by atoms with Gasteiger partial charge < -0.3 is 9.32 Å². The summed E-state index contributed by atoms with van der Waals surface area (Å²) in [5.41, 5.74) is 17.9. The maximum atomic E-state index is 7.21. The van der Waals surface area contributed by atoms with Gasteiger partial charge in [-0.15, -0.1) is 11.3 Å². The van der Waals surface area contributed by atoms with Crippen LogP contribution in [0.4, 0.5) is 17.1 Å². The van der Waals surface area contributed by atoms with Crippen molar-refractivity contribution in [2.24, 2.45) is 0 Å². The van der Waals surface area contributed by atoms with Crippen molar-refractivity contribution in [3.05, 3.63) is 198 Å². The van der Waals surface area contributed by atoms with E-state index in [1.807, 2.05) is 11.3 Å². The smallest absolute Gasteiger partial charge is 0.144 e. The highest BCUT2D eigenvalue weighted by Crippen LogP contribution is 2.55. The summed E-state index contributed by atoms with van der Waals surface area (Å²) in [6, 6.07) is 65.4. The highest BCUT2D eigenvalue weighted by molar-refractivity contribution is 7.26. The molecule has 0 unspecified atom stereocenters. The molecule has 0 spiro atoms. The molecule has 2 aliphatic rings. The summed E-state index contributed by atoms with van der Waals surface area (Å²) in [6.07, 6.45) is 0. The van der Waals surface area contributed by atoms with Gasteiger partial charge in [0.2, 0.25) is 0 Å². The average molecular weight is 800 g/mol. The van der Waals surface area contributed by atoms with E-state index in [2.05, 4.69) is 209 Å². The van der Waals surface area contributed by atoms with Crippen LogP contribution in [0.2, 0.25) is 0 Å². The van der Waals surface area contributed by atoms with Crippen LogP contribution in [0.15, 0.2) is 180 Å². The van der Waals surface area contributed by atoms with E-state index in [1.165, 1.54) is 81.0 Å². The quantitative estimate of drug-likeness (QED) is 0.176. The molecule has 0 N–H and O–H groups in total. The summed E-state index contributed by atoms with van der Waals surface area (Å²) in [7, 11) is 0. The Hall–Kier alpha value is -6.94. The maximum absolute atomic E-state index is 7.21. The molecule has 0 radical (unpaired) electrons. The molecule has 2 nitrogen and oxygen atoms in total. The molecule has 3 heteroatoms. The number of thiophene rings is 1. The molecule has 0 saturated heterocycles. The first-order valence-corrected chi connectivity index (χ1v) is 22.2. The lowest BCUT2D eigenvalue weighted by atomic mass is 9.82. The Labute approximate surface area is 358 Å².